The van der Waals surface area contributed by atoms with Gasteiger partial charge in [0.1, 0.15) is 11.9 Å². The largest absolute Gasteiger partial charge is 0.376 e. The Hall–Kier alpha value is -1.13. The Labute approximate surface area is 158 Å². The van der Waals surface area contributed by atoms with Crippen LogP contribution in [0.1, 0.15) is 0 Å². The lowest BCUT2D eigenvalue weighted by Gasteiger charge is -2.36. The van der Waals surface area contributed by atoms with Crippen LogP contribution in [0, 0.1) is 5.82 Å². The number of hydrogen-bond acceptors (Lipinski definition) is 4. The Morgan fingerprint density at radius 3 is 2.50 bits per heavy atom. The molecule has 0 saturated carbocycles. The zero-order chi connectivity index (χ0) is 16.1. The van der Waals surface area contributed by atoms with E-state index in [-0.39, 0.29) is 35.9 Å². The van der Waals surface area contributed by atoms with E-state index in [9.17, 15) is 4.39 Å². The molecule has 2 fully saturated rings. The highest BCUT2D eigenvalue weighted by molar-refractivity contribution is 14.0. The summed E-state index contributed by atoms with van der Waals surface area (Å²) in [6.45, 7) is 5.66. The number of benzene rings is 1. The van der Waals surface area contributed by atoms with Gasteiger partial charge in [-0.25, -0.2) is 4.39 Å². The molecule has 0 amide bonds. The summed E-state index contributed by atoms with van der Waals surface area (Å²) in [5.41, 5.74) is 7.12. The number of nitrogens with zero attached hydrogens (tertiary/aromatic N) is 3. The fourth-order valence-corrected chi connectivity index (χ4v) is 2.78. The minimum atomic E-state index is -0.210. The normalized spacial score (nSPS) is 22.2. The lowest BCUT2D eigenvalue weighted by atomic mass is 10.2. The van der Waals surface area contributed by atoms with Gasteiger partial charge in [-0.15, -0.1) is 24.0 Å². The molecule has 2 aliphatic rings. The minimum absolute atomic E-state index is 0. The predicted octanol–water partition coefficient (Wildman–Crippen LogP) is 1.30. The highest BCUT2D eigenvalue weighted by Crippen LogP contribution is 2.16. The van der Waals surface area contributed by atoms with Crippen LogP contribution in [0.5, 0.6) is 0 Å². The molecule has 0 aliphatic carbocycles. The molecule has 2 saturated heterocycles. The summed E-state index contributed by atoms with van der Waals surface area (Å²) in [6, 6.07) is 6.60. The molecular weight excluding hydrogens is 426 g/mol. The van der Waals surface area contributed by atoms with Gasteiger partial charge in [-0.1, -0.05) is 0 Å². The number of nitrogens with two attached hydrogens (primary N) is 1. The molecule has 1 unspecified atom stereocenters. The van der Waals surface area contributed by atoms with Crippen LogP contribution in [-0.2, 0) is 9.47 Å². The van der Waals surface area contributed by atoms with Crippen LogP contribution in [0.25, 0.3) is 0 Å². The van der Waals surface area contributed by atoms with Crippen molar-refractivity contribution in [3.8, 4) is 0 Å². The van der Waals surface area contributed by atoms with Gasteiger partial charge in [0.15, 0.2) is 5.96 Å². The maximum Gasteiger partial charge on any atom is 0.191 e. The molecule has 6 nitrogen and oxygen atoms in total. The quantitative estimate of drug-likeness (QED) is 0.428. The molecule has 0 spiro atoms. The zero-order valence-electron chi connectivity index (χ0n) is 13.6. The summed E-state index contributed by atoms with van der Waals surface area (Å²) in [6.07, 6.45) is 0.00260. The summed E-state index contributed by atoms with van der Waals surface area (Å²) in [4.78, 5) is 8.72. The standard InChI is InChI=1S/C16H23FN4O2.HI/c17-13-1-3-14(4-2-13)20-5-7-21(8-6-20)16(18)19-11-15-12-22-9-10-23-15;/h1-4,15H,5-12H2,(H2,18,19);1H. The Morgan fingerprint density at radius 1 is 1.17 bits per heavy atom. The van der Waals surface area contributed by atoms with E-state index in [4.69, 9.17) is 15.2 Å². The molecule has 1 aromatic carbocycles. The van der Waals surface area contributed by atoms with Crippen molar-refractivity contribution in [3.05, 3.63) is 30.1 Å². The summed E-state index contributed by atoms with van der Waals surface area (Å²) >= 11 is 0. The fraction of sp³-hybridized carbons (Fsp3) is 0.562. The average molecular weight is 450 g/mol. The first-order valence-corrected chi connectivity index (χ1v) is 7.97. The van der Waals surface area contributed by atoms with Gasteiger partial charge in [-0.05, 0) is 24.3 Å². The number of piperazine rings is 1. The molecule has 2 aliphatic heterocycles. The van der Waals surface area contributed by atoms with Crippen molar-refractivity contribution in [2.75, 3.05) is 57.4 Å². The van der Waals surface area contributed by atoms with Gasteiger partial charge in [0.2, 0.25) is 0 Å². The lowest BCUT2D eigenvalue weighted by molar-refractivity contribution is -0.0833. The van der Waals surface area contributed by atoms with Crippen LogP contribution in [-0.4, -0.2) is 69.5 Å². The molecule has 134 valence electrons. The van der Waals surface area contributed by atoms with Crippen LogP contribution in [0.2, 0.25) is 0 Å². The van der Waals surface area contributed by atoms with E-state index in [2.05, 4.69) is 14.8 Å². The van der Waals surface area contributed by atoms with E-state index >= 15 is 0 Å². The molecule has 0 radical (unpaired) electrons. The van der Waals surface area contributed by atoms with Gasteiger partial charge in [-0.3, -0.25) is 4.99 Å². The molecule has 1 aromatic rings. The van der Waals surface area contributed by atoms with Gasteiger partial charge in [0, 0.05) is 31.9 Å². The van der Waals surface area contributed by atoms with Crippen molar-refractivity contribution < 1.29 is 13.9 Å². The summed E-state index contributed by atoms with van der Waals surface area (Å²) in [7, 11) is 0. The second-order valence-corrected chi connectivity index (χ2v) is 5.72. The molecule has 8 heteroatoms. The van der Waals surface area contributed by atoms with E-state index in [1.165, 1.54) is 12.1 Å². The maximum atomic E-state index is 13.0. The van der Waals surface area contributed by atoms with Crippen molar-refractivity contribution in [1.82, 2.24) is 4.90 Å². The smallest absolute Gasteiger partial charge is 0.191 e. The number of anilines is 1. The van der Waals surface area contributed by atoms with E-state index in [0.717, 1.165) is 31.9 Å². The maximum absolute atomic E-state index is 13.0. The van der Waals surface area contributed by atoms with E-state index in [0.29, 0.717) is 32.3 Å². The third-order valence-electron chi connectivity index (χ3n) is 4.14. The fourth-order valence-electron chi connectivity index (χ4n) is 2.78. The molecule has 0 aromatic heterocycles. The highest BCUT2D eigenvalue weighted by atomic mass is 127. The molecule has 24 heavy (non-hydrogen) atoms. The molecular formula is C16H24FIN4O2. The number of aliphatic imine (C=N–C) groups is 1. The van der Waals surface area contributed by atoms with Crippen molar-refractivity contribution >= 4 is 35.6 Å². The van der Waals surface area contributed by atoms with E-state index in [1.54, 1.807) is 0 Å². The molecule has 0 bridgehead atoms. The SMILES string of the molecule is I.NC(=NCC1COCCO1)N1CCN(c2ccc(F)cc2)CC1. The molecule has 2 N–H and O–H groups in total. The zero-order valence-corrected chi connectivity index (χ0v) is 15.9. The van der Waals surface area contributed by atoms with Crippen LogP contribution in [0.4, 0.5) is 10.1 Å². The molecule has 2 heterocycles. The molecule has 3 rings (SSSR count). The first-order valence-electron chi connectivity index (χ1n) is 7.97. The van der Waals surface area contributed by atoms with Crippen molar-refractivity contribution in [2.24, 2.45) is 10.7 Å². The van der Waals surface area contributed by atoms with Crippen molar-refractivity contribution in [3.63, 3.8) is 0 Å². The second-order valence-electron chi connectivity index (χ2n) is 5.72. The van der Waals surface area contributed by atoms with Crippen LogP contribution >= 0.6 is 24.0 Å². The predicted molar refractivity (Wildman–Crippen MR) is 103 cm³/mol. The Morgan fingerprint density at radius 2 is 1.88 bits per heavy atom. The third kappa shape index (κ3) is 5.18. The van der Waals surface area contributed by atoms with E-state index in [1.807, 2.05) is 12.1 Å². The van der Waals surface area contributed by atoms with Gasteiger partial charge >= 0.3 is 0 Å². The number of rotatable bonds is 3. The average Bonchev–Trinajstić information content (AvgIpc) is 2.61. The van der Waals surface area contributed by atoms with Crippen LogP contribution in [0.3, 0.4) is 0 Å². The highest BCUT2D eigenvalue weighted by Gasteiger charge is 2.19. The first kappa shape index (κ1) is 19.2. The van der Waals surface area contributed by atoms with Crippen LogP contribution in [0.15, 0.2) is 29.3 Å². The second kappa shape index (κ2) is 9.38. The Balaban J connectivity index is 0.00000208. The summed E-state index contributed by atoms with van der Waals surface area (Å²) < 4.78 is 23.9. The number of hydrogen-bond donors (Lipinski definition) is 1. The molecule has 1 atom stereocenters. The van der Waals surface area contributed by atoms with Crippen molar-refractivity contribution in [2.45, 2.75) is 6.10 Å². The van der Waals surface area contributed by atoms with Crippen molar-refractivity contribution in [1.29, 1.82) is 0 Å². The van der Waals surface area contributed by atoms with E-state index < -0.39 is 0 Å². The Kier molecular flexibility index (Phi) is 7.50. The van der Waals surface area contributed by atoms with Gasteiger partial charge in [-0.2, -0.15) is 0 Å². The number of halogens is 2. The van der Waals surface area contributed by atoms with Gasteiger partial charge < -0.3 is 25.0 Å². The minimum Gasteiger partial charge on any atom is -0.376 e. The topological polar surface area (TPSA) is 63.3 Å². The van der Waals surface area contributed by atoms with Gasteiger partial charge in [0.25, 0.3) is 0 Å². The monoisotopic (exact) mass is 450 g/mol. The van der Waals surface area contributed by atoms with Crippen LogP contribution < -0.4 is 10.6 Å². The number of guanidine groups is 1. The summed E-state index contributed by atoms with van der Waals surface area (Å²) in [5, 5.41) is 0. The third-order valence-corrected chi connectivity index (χ3v) is 4.14. The summed E-state index contributed by atoms with van der Waals surface area (Å²) in [5.74, 6) is 0.343. The first-order chi connectivity index (χ1) is 11.2. The number of ether oxygens (including phenoxy) is 2. The Bertz CT molecular complexity index is 529. The lowest BCUT2D eigenvalue weighted by Crippen LogP contribution is -2.51. The van der Waals surface area contributed by atoms with Gasteiger partial charge in [0.05, 0.1) is 26.4 Å².